The third kappa shape index (κ3) is 1.47. The molecule has 0 N–H and O–H groups in total. The topological polar surface area (TPSA) is 0 Å². The van der Waals surface area contributed by atoms with E-state index in [2.05, 4.69) is 60.7 Å². The molecule has 4 bridgehead atoms. The van der Waals surface area contributed by atoms with Crippen LogP contribution < -0.4 is 0 Å². The van der Waals surface area contributed by atoms with E-state index in [-0.39, 0.29) is 0 Å². The molecule has 3 aromatic rings. The van der Waals surface area contributed by atoms with Crippen LogP contribution in [0.25, 0.3) is 21.9 Å². The maximum absolute atomic E-state index is 2.51. The summed E-state index contributed by atoms with van der Waals surface area (Å²) in [4.78, 5) is 0. The fourth-order valence-corrected chi connectivity index (χ4v) is 7.92. The molecule has 0 nitrogen and oxygen atoms in total. The zero-order valence-electron chi connectivity index (χ0n) is 15.1. The zero-order valence-corrected chi connectivity index (χ0v) is 15.1. The van der Waals surface area contributed by atoms with Crippen LogP contribution in [0.1, 0.15) is 43.2 Å². The number of hydrogen-bond donors (Lipinski definition) is 0. The van der Waals surface area contributed by atoms with Gasteiger partial charge in [0.15, 0.2) is 0 Å². The molecule has 0 unspecified atom stereocenters. The van der Waals surface area contributed by atoms with Gasteiger partial charge >= 0.3 is 0 Å². The second-order valence-electron chi connectivity index (χ2n) is 9.43. The van der Waals surface area contributed by atoms with Crippen LogP contribution in [0, 0.1) is 23.7 Å². The van der Waals surface area contributed by atoms with Gasteiger partial charge in [0.25, 0.3) is 0 Å². The first-order valence-corrected chi connectivity index (χ1v) is 10.5. The molecule has 0 aliphatic heterocycles. The number of fused-ring (bicyclic) bond motifs is 5. The molecule has 0 atom stereocenters. The van der Waals surface area contributed by atoms with Gasteiger partial charge in [-0.2, -0.15) is 0 Å². The van der Waals surface area contributed by atoms with Crippen molar-refractivity contribution < 1.29 is 0 Å². The Morgan fingerprint density at radius 1 is 0.615 bits per heavy atom. The number of benzene rings is 3. The fraction of sp³-hybridized carbons (Fsp3) is 0.385. The molecule has 1 spiro atoms. The Hall–Kier alpha value is -2.08. The normalized spacial score (nSPS) is 35.8. The summed E-state index contributed by atoms with van der Waals surface area (Å²) in [7, 11) is 0. The Labute approximate surface area is 155 Å². The lowest BCUT2D eigenvalue weighted by molar-refractivity contribution is -0.0399. The lowest BCUT2D eigenvalue weighted by Crippen LogP contribution is -2.55. The van der Waals surface area contributed by atoms with E-state index in [1.807, 2.05) is 0 Å². The Kier molecular flexibility index (Phi) is 2.48. The maximum atomic E-state index is 2.51. The second kappa shape index (κ2) is 4.60. The zero-order chi connectivity index (χ0) is 16.9. The smallest absolute Gasteiger partial charge is 0.0272 e. The average Bonchev–Trinajstić information content (AvgIpc) is 2.97. The third-order valence-electron chi connectivity index (χ3n) is 8.44. The van der Waals surface area contributed by atoms with Crippen LogP contribution in [0.15, 0.2) is 60.7 Å². The largest absolute Gasteiger partial charge is 0.0619 e. The average molecular weight is 336 g/mol. The summed E-state index contributed by atoms with van der Waals surface area (Å²) in [5, 5.41) is 2.85. The van der Waals surface area contributed by atoms with Gasteiger partial charge in [-0.25, -0.2) is 0 Å². The van der Waals surface area contributed by atoms with Gasteiger partial charge in [-0.3, -0.25) is 0 Å². The van der Waals surface area contributed by atoms with Crippen molar-refractivity contribution in [3.63, 3.8) is 0 Å². The second-order valence-corrected chi connectivity index (χ2v) is 9.43. The first-order valence-electron chi connectivity index (χ1n) is 10.5. The minimum absolute atomic E-state index is 0.309. The molecule has 26 heavy (non-hydrogen) atoms. The summed E-state index contributed by atoms with van der Waals surface area (Å²) in [6.07, 6.45) is 7.39. The summed E-state index contributed by atoms with van der Waals surface area (Å²) in [6, 6.07) is 23.3. The van der Waals surface area contributed by atoms with Gasteiger partial charge in [0.1, 0.15) is 0 Å². The molecule has 0 radical (unpaired) electrons. The summed E-state index contributed by atoms with van der Waals surface area (Å²) in [5.41, 5.74) is 6.74. The highest BCUT2D eigenvalue weighted by Crippen LogP contribution is 2.69. The first kappa shape index (κ1) is 14.0. The molecule has 5 aliphatic carbocycles. The van der Waals surface area contributed by atoms with Crippen molar-refractivity contribution in [3.05, 3.63) is 71.8 Å². The van der Waals surface area contributed by atoms with E-state index in [9.17, 15) is 0 Å². The maximum Gasteiger partial charge on any atom is 0.0272 e. The Morgan fingerprint density at radius 2 is 1.31 bits per heavy atom. The van der Waals surface area contributed by atoms with Gasteiger partial charge in [0.05, 0.1) is 0 Å². The van der Waals surface area contributed by atoms with Crippen LogP contribution in [0.5, 0.6) is 0 Å². The summed E-state index contributed by atoms with van der Waals surface area (Å²) < 4.78 is 0. The minimum Gasteiger partial charge on any atom is -0.0619 e. The highest BCUT2D eigenvalue weighted by molar-refractivity contribution is 6.02. The van der Waals surface area contributed by atoms with Crippen molar-refractivity contribution in [2.24, 2.45) is 23.7 Å². The van der Waals surface area contributed by atoms with Crippen molar-refractivity contribution in [1.82, 2.24) is 0 Å². The van der Waals surface area contributed by atoms with E-state index in [4.69, 9.17) is 0 Å². The van der Waals surface area contributed by atoms with Crippen LogP contribution in [0.2, 0.25) is 0 Å². The van der Waals surface area contributed by atoms with Gasteiger partial charge in [0, 0.05) is 5.41 Å². The van der Waals surface area contributed by atoms with Crippen LogP contribution in [0.4, 0.5) is 0 Å². The summed E-state index contributed by atoms with van der Waals surface area (Å²) >= 11 is 0. The predicted molar refractivity (Wildman–Crippen MR) is 107 cm³/mol. The SMILES string of the molecule is c1ccc2c(c1)-c1c(ccc3ccccc13)C21C2CC3CC(C2)CC1C3. The first-order chi connectivity index (χ1) is 12.9. The molecule has 0 heteroatoms. The standard InChI is InChI=1S/C26H24/c1-2-6-21-18(5-1)9-10-24-25(21)22-7-3-4-8-23(22)26(24)19-12-16-11-17(14-19)15-20(26)13-16/h1-10,16-17,19-20H,11-15H2. The Bertz CT molecular complexity index is 1030. The number of hydrogen-bond acceptors (Lipinski definition) is 0. The van der Waals surface area contributed by atoms with E-state index in [0.717, 1.165) is 23.7 Å². The molecule has 0 saturated heterocycles. The molecular formula is C26H24. The highest BCUT2D eigenvalue weighted by atomic mass is 14.6. The fourth-order valence-electron chi connectivity index (χ4n) is 7.92. The van der Waals surface area contributed by atoms with Crippen LogP contribution in [-0.4, -0.2) is 0 Å². The van der Waals surface area contributed by atoms with E-state index in [1.165, 1.54) is 48.4 Å². The molecule has 0 amide bonds. The molecule has 3 aromatic carbocycles. The third-order valence-corrected chi connectivity index (χ3v) is 8.44. The van der Waals surface area contributed by atoms with E-state index in [1.54, 1.807) is 16.7 Å². The molecule has 128 valence electrons. The predicted octanol–water partition coefficient (Wildman–Crippen LogP) is 6.56. The number of rotatable bonds is 0. The van der Waals surface area contributed by atoms with Crippen molar-refractivity contribution in [1.29, 1.82) is 0 Å². The molecule has 8 rings (SSSR count). The quantitative estimate of drug-likeness (QED) is 0.436. The van der Waals surface area contributed by atoms with Crippen LogP contribution in [-0.2, 0) is 5.41 Å². The molecule has 5 aliphatic rings. The van der Waals surface area contributed by atoms with Gasteiger partial charge < -0.3 is 0 Å². The minimum atomic E-state index is 0.309. The van der Waals surface area contributed by atoms with Gasteiger partial charge in [-0.15, -0.1) is 0 Å². The highest BCUT2D eigenvalue weighted by Gasteiger charge is 2.61. The van der Waals surface area contributed by atoms with Gasteiger partial charge in [-0.1, -0.05) is 60.7 Å². The van der Waals surface area contributed by atoms with Crippen LogP contribution in [0.3, 0.4) is 0 Å². The van der Waals surface area contributed by atoms with Crippen molar-refractivity contribution >= 4 is 10.8 Å². The van der Waals surface area contributed by atoms with Gasteiger partial charge in [-0.05, 0) is 88.8 Å². The van der Waals surface area contributed by atoms with E-state index in [0.29, 0.717) is 5.41 Å². The lowest BCUT2D eigenvalue weighted by Gasteiger charge is -2.61. The molecule has 4 fully saturated rings. The summed E-state index contributed by atoms with van der Waals surface area (Å²) in [6.45, 7) is 0. The lowest BCUT2D eigenvalue weighted by atomic mass is 9.43. The van der Waals surface area contributed by atoms with E-state index < -0.39 is 0 Å². The van der Waals surface area contributed by atoms with Crippen molar-refractivity contribution in [2.45, 2.75) is 37.5 Å². The molecular weight excluding hydrogens is 312 g/mol. The molecule has 4 saturated carbocycles. The van der Waals surface area contributed by atoms with Gasteiger partial charge in [0.2, 0.25) is 0 Å². The monoisotopic (exact) mass is 336 g/mol. The van der Waals surface area contributed by atoms with Crippen molar-refractivity contribution in [3.8, 4) is 11.1 Å². The summed E-state index contributed by atoms with van der Waals surface area (Å²) in [5.74, 6) is 3.75. The Morgan fingerprint density at radius 3 is 2.12 bits per heavy atom. The van der Waals surface area contributed by atoms with E-state index >= 15 is 0 Å². The molecule has 0 aromatic heterocycles. The Balaban J connectivity index is 1.61. The molecule has 0 heterocycles. The van der Waals surface area contributed by atoms with Crippen molar-refractivity contribution in [2.75, 3.05) is 0 Å². The van der Waals surface area contributed by atoms with Crippen LogP contribution >= 0.6 is 0 Å².